The summed E-state index contributed by atoms with van der Waals surface area (Å²) in [5, 5.41) is 6.54. The van der Waals surface area contributed by atoms with Gasteiger partial charge in [-0.3, -0.25) is 0 Å². The molecule has 5 nitrogen and oxygen atoms in total. The molecule has 0 aliphatic rings. The fourth-order valence-corrected chi connectivity index (χ4v) is 1.32. The highest BCUT2D eigenvalue weighted by Crippen LogP contribution is 2.11. The van der Waals surface area contributed by atoms with Gasteiger partial charge in [0, 0.05) is 19.2 Å². The Kier molecular flexibility index (Phi) is 6.32. The van der Waals surface area contributed by atoms with Crippen molar-refractivity contribution >= 4 is 5.82 Å². The summed E-state index contributed by atoms with van der Waals surface area (Å²) in [5.41, 5.74) is 0. The maximum Gasteiger partial charge on any atom is 0.218 e. The van der Waals surface area contributed by atoms with E-state index in [-0.39, 0.29) is 6.10 Å². The van der Waals surface area contributed by atoms with Crippen molar-refractivity contribution < 1.29 is 4.74 Å². The Labute approximate surface area is 103 Å². The van der Waals surface area contributed by atoms with Crippen molar-refractivity contribution in [3.63, 3.8) is 0 Å². The van der Waals surface area contributed by atoms with E-state index in [0.717, 1.165) is 31.9 Å². The van der Waals surface area contributed by atoms with Crippen molar-refractivity contribution in [3.05, 3.63) is 12.4 Å². The summed E-state index contributed by atoms with van der Waals surface area (Å²) in [6, 6.07) is 1.82. The van der Waals surface area contributed by atoms with Crippen LogP contribution in [0.3, 0.4) is 0 Å². The summed E-state index contributed by atoms with van der Waals surface area (Å²) in [5.74, 6) is 1.41. The van der Waals surface area contributed by atoms with Crippen LogP contribution in [0.5, 0.6) is 5.88 Å². The molecule has 0 atom stereocenters. The molecule has 96 valence electrons. The second-order valence-corrected chi connectivity index (χ2v) is 4.08. The molecule has 0 aliphatic carbocycles. The van der Waals surface area contributed by atoms with Crippen LogP contribution in [-0.4, -0.2) is 35.7 Å². The Balaban J connectivity index is 2.32. The molecule has 2 N–H and O–H groups in total. The lowest BCUT2D eigenvalue weighted by Crippen LogP contribution is -2.23. The van der Waals surface area contributed by atoms with E-state index in [1.165, 1.54) is 6.33 Å². The first-order chi connectivity index (χ1) is 8.22. The molecular weight excluding hydrogens is 216 g/mol. The largest absolute Gasteiger partial charge is 0.475 e. The van der Waals surface area contributed by atoms with Gasteiger partial charge in [-0.25, -0.2) is 9.97 Å². The second kappa shape index (κ2) is 7.84. The van der Waals surface area contributed by atoms with Gasteiger partial charge < -0.3 is 15.4 Å². The van der Waals surface area contributed by atoms with Gasteiger partial charge in [-0.2, -0.15) is 0 Å². The highest BCUT2D eigenvalue weighted by molar-refractivity contribution is 5.36. The molecular formula is C12H22N4O. The Morgan fingerprint density at radius 1 is 1.24 bits per heavy atom. The Morgan fingerprint density at radius 3 is 2.76 bits per heavy atom. The number of rotatable bonds is 8. The SMILES string of the molecule is CCCNCCNc1cc(OC(C)C)ncn1. The molecule has 0 radical (unpaired) electrons. The number of hydrogen-bond donors (Lipinski definition) is 2. The van der Waals surface area contributed by atoms with E-state index >= 15 is 0 Å². The summed E-state index contributed by atoms with van der Waals surface area (Å²) in [6.45, 7) is 8.93. The zero-order valence-corrected chi connectivity index (χ0v) is 10.9. The normalized spacial score (nSPS) is 10.6. The van der Waals surface area contributed by atoms with Crippen LogP contribution in [-0.2, 0) is 0 Å². The minimum Gasteiger partial charge on any atom is -0.475 e. The van der Waals surface area contributed by atoms with Crippen molar-refractivity contribution in [3.8, 4) is 5.88 Å². The fourth-order valence-electron chi connectivity index (χ4n) is 1.32. The number of aromatic nitrogens is 2. The average Bonchev–Trinajstić information content (AvgIpc) is 2.28. The van der Waals surface area contributed by atoms with Gasteiger partial charge in [0.15, 0.2) is 0 Å². The monoisotopic (exact) mass is 238 g/mol. The van der Waals surface area contributed by atoms with Crippen LogP contribution < -0.4 is 15.4 Å². The van der Waals surface area contributed by atoms with Crippen molar-refractivity contribution in [1.29, 1.82) is 0 Å². The van der Waals surface area contributed by atoms with Gasteiger partial charge in [-0.1, -0.05) is 6.92 Å². The molecule has 1 rings (SSSR count). The summed E-state index contributed by atoms with van der Waals surface area (Å²) >= 11 is 0. The van der Waals surface area contributed by atoms with Crippen molar-refractivity contribution in [2.75, 3.05) is 25.0 Å². The molecule has 1 heterocycles. The molecule has 17 heavy (non-hydrogen) atoms. The van der Waals surface area contributed by atoms with E-state index in [2.05, 4.69) is 27.5 Å². The van der Waals surface area contributed by atoms with Crippen LogP contribution in [0.4, 0.5) is 5.82 Å². The average molecular weight is 238 g/mol. The minimum absolute atomic E-state index is 0.129. The van der Waals surface area contributed by atoms with Gasteiger partial charge in [0.25, 0.3) is 0 Å². The van der Waals surface area contributed by atoms with E-state index < -0.39 is 0 Å². The Morgan fingerprint density at radius 2 is 2.06 bits per heavy atom. The third kappa shape index (κ3) is 6.06. The maximum absolute atomic E-state index is 5.49. The lowest BCUT2D eigenvalue weighted by atomic mass is 10.4. The van der Waals surface area contributed by atoms with Crippen LogP contribution >= 0.6 is 0 Å². The third-order valence-corrected chi connectivity index (χ3v) is 2.03. The fraction of sp³-hybridized carbons (Fsp3) is 0.667. The number of ether oxygens (including phenoxy) is 1. The molecule has 5 heteroatoms. The molecule has 0 saturated carbocycles. The zero-order valence-electron chi connectivity index (χ0n) is 10.9. The first kappa shape index (κ1) is 13.7. The molecule has 0 saturated heterocycles. The highest BCUT2D eigenvalue weighted by Gasteiger charge is 2.01. The molecule has 0 spiro atoms. The maximum atomic E-state index is 5.49. The smallest absolute Gasteiger partial charge is 0.218 e. The summed E-state index contributed by atoms with van der Waals surface area (Å²) in [4.78, 5) is 8.18. The molecule has 0 fully saturated rings. The molecule has 1 aromatic heterocycles. The van der Waals surface area contributed by atoms with Crippen molar-refractivity contribution in [1.82, 2.24) is 15.3 Å². The summed E-state index contributed by atoms with van der Waals surface area (Å²) in [6.07, 6.45) is 2.79. The number of nitrogens with zero attached hydrogens (tertiary/aromatic N) is 2. The van der Waals surface area contributed by atoms with Crippen LogP contribution in [0.15, 0.2) is 12.4 Å². The topological polar surface area (TPSA) is 59.1 Å². The van der Waals surface area contributed by atoms with E-state index in [9.17, 15) is 0 Å². The summed E-state index contributed by atoms with van der Waals surface area (Å²) in [7, 11) is 0. The van der Waals surface area contributed by atoms with Crippen LogP contribution in [0.1, 0.15) is 27.2 Å². The van der Waals surface area contributed by atoms with Crippen molar-refractivity contribution in [2.45, 2.75) is 33.3 Å². The van der Waals surface area contributed by atoms with Gasteiger partial charge >= 0.3 is 0 Å². The third-order valence-electron chi connectivity index (χ3n) is 2.03. The van der Waals surface area contributed by atoms with E-state index in [4.69, 9.17) is 4.74 Å². The highest BCUT2D eigenvalue weighted by atomic mass is 16.5. The van der Waals surface area contributed by atoms with Crippen LogP contribution in [0.2, 0.25) is 0 Å². The van der Waals surface area contributed by atoms with Crippen molar-refractivity contribution in [2.24, 2.45) is 0 Å². The predicted molar refractivity (Wildman–Crippen MR) is 69.4 cm³/mol. The van der Waals surface area contributed by atoms with Gasteiger partial charge in [0.05, 0.1) is 6.10 Å². The number of nitrogens with one attached hydrogen (secondary N) is 2. The predicted octanol–water partition coefficient (Wildman–Crippen LogP) is 1.68. The lowest BCUT2D eigenvalue weighted by Gasteiger charge is -2.10. The Hall–Kier alpha value is -1.36. The first-order valence-corrected chi connectivity index (χ1v) is 6.15. The molecule has 0 aromatic carbocycles. The molecule has 0 amide bonds. The van der Waals surface area contributed by atoms with Gasteiger partial charge in [0.1, 0.15) is 12.1 Å². The lowest BCUT2D eigenvalue weighted by molar-refractivity contribution is 0.232. The molecule has 0 unspecified atom stereocenters. The quantitative estimate of drug-likeness (QED) is 0.675. The second-order valence-electron chi connectivity index (χ2n) is 4.08. The van der Waals surface area contributed by atoms with Crippen LogP contribution in [0.25, 0.3) is 0 Å². The first-order valence-electron chi connectivity index (χ1n) is 6.15. The molecule has 0 bridgehead atoms. The number of anilines is 1. The van der Waals surface area contributed by atoms with Crippen LogP contribution in [0, 0.1) is 0 Å². The number of hydrogen-bond acceptors (Lipinski definition) is 5. The van der Waals surface area contributed by atoms with E-state index in [0.29, 0.717) is 5.88 Å². The van der Waals surface area contributed by atoms with Gasteiger partial charge in [0.2, 0.25) is 5.88 Å². The van der Waals surface area contributed by atoms with E-state index in [1.807, 2.05) is 19.9 Å². The molecule has 0 aliphatic heterocycles. The summed E-state index contributed by atoms with van der Waals surface area (Å²) < 4.78 is 5.49. The van der Waals surface area contributed by atoms with Gasteiger partial charge in [-0.05, 0) is 26.8 Å². The van der Waals surface area contributed by atoms with Gasteiger partial charge in [-0.15, -0.1) is 0 Å². The van der Waals surface area contributed by atoms with E-state index in [1.54, 1.807) is 0 Å². The Bertz CT molecular complexity index is 317. The standard InChI is InChI=1S/C12H22N4O/c1-4-5-13-6-7-14-11-8-12(16-9-15-11)17-10(2)3/h8-10,13H,4-7H2,1-3H3,(H,14,15,16). The molecule has 1 aromatic rings. The minimum atomic E-state index is 0.129. The zero-order chi connectivity index (χ0) is 12.5.